The van der Waals surface area contributed by atoms with E-state index >= 15 is 0 Å². The number of H-pyrrole nitrogens is 1. The number of hydrogen-bond donors (Lipinski definition) is 4. The van der Waals surface area contributed by atoms with Crippen LogP contribution in [0.2, 0.25) is 0 Å². The average Bonchev–Trinajstić information content (AvgIpc) is 3.45. The predicted molar refractivity (Wildman–Crippen MR) is 137 cm³/mol. The Hall–Kier alpha value is -4.38. The molecule has 11 nitrogen and oxygen atoms in total. The smallest absolute Gasteiger partial charge is 0.235 e. The van der Waals surface area contributed by atoms with Gasteiger partial charge >= 0.3 is 0 Å². The molecule has 188 valence electrons. The Morgan fingerprint density at radius 1 is 1.11 bits per heavy atom. The lowest BCUT2D eigenvalue weighted by Gasteiger charge is -2.37. The van der Waals surface area contributed by atoms with Gasteiger partial charge in [-0.1, -0.05) is 6.07 Å². The summed E-state index contributed by atoms with van der Waals surface area (Å²) in [4.78, 5) is 23.6. The number of aliphatic hydroxyl groups excluding tert-OH is 1. The molecule has 0 bridgehead atoms. The summed E-state index contributed by atoms with van der Waals surface area (Å²) in [6.45, 7) is 0.998. The number of hydrogen-bond acceptors (Lipinski definition) is 9. The monoisotopic (exact) mass is 499 g/mol. The van der Waals surface area contributed by atoms with Crippen molar-refractivity contribution in [1.82, 2.24) is 20.2 Å². The van der Waals surface area contributed by atoms with Gasteiger partial charge in [-0.15, -0.1) is 0 Å². The summed E-state index contributed by atoms with van der Waals surface area (Å²) in [5, 5.41) is 24.4. The molecular weight excluding hydrogens is 474 g/mol. The lowest BCUT2D eigenvalue weighted by Crippen LogP contribution is -2.51. The summed E-state index contributed by atoms with van der Waals surface area (Å²) in [6.07, 6.45) is 1.84. The van der Waals surface area contributed by atoms with Crippen LogP contribution in [0.15, 0.2) is 42.7 Å². The van der Waals surface area contributed by atoms with Gasteiger partial charge in [0.15, 0.2) is 17.5 Å². The number of benzene rings is 2. The number of fused-ring (bicyclic) bond motifs is 3. The largest absolute Gasteiger partial charge is 0.497 e. The number of rotatable bonds is 6. The number of anilines is 4. The first kappa shape index (κ1) is 21.9. The maximum Gasteiger partial charge on any atom is 0.235 e. The molecule has 1 aliphatic carbocycles. The van der Waals surface area contributed by atoms with Crippen LogP contribution < -0.4 is 25.0 Å². The highest BCUT2D eigenvalue weighted by atomic mass is 16.5. The number of aromatic amines is 1. The van der Waals surface area contributed by atoms with Gasteiger partial charge in [-0.3, -0.25) is 9.89 Å². The van der Waals surface area contributed by atoms with Crippen molar-refractivity contribution in [3.63, 3.8) is 0 Å². The van der Waals surface area contributed by atoms with Crippen LogP contribution in [0.25, 0.3) is 10.9 Å². The van der Waals surface area contributed by atoms with Crippen molar-refractivity contribution in [3.8, 4) is 11.5 Å². The first-order chi connectivity index (χ1) is 18.0. The fourth-order valence-corrected chi connectivity index (χ4v) is 5.65. The Bertz CT molecular complexity index is 1560. The zero-order valence-electron chi connectivity index (χ0n) is 20.3. The molecule has 2 aromatic carbocycles. The van der Waals surface area contributed by atoms with Crippen molar-refractivity contribution < 1.29 is 19.4 Å². The van der Waals surface area contributed by atoms with Crippen LogP contribution in [0.3, 0.4) is 0 Å². The minimum absolute atomic E-state index is 0.0363. The number of carbonyl (C=O) groups is 1. The van der Waals surface area contributed by atoms with E-state index in [9.17, 15) is 9.90 Å². The summed E-state index contributed by atoms with van der Waals surface area (Å²) in [7, 11) is 3.20. The van der Waals surface area contributed by atoms with E-state index < -0.39 is 5.41 Å². The van der Waals surface area contributed by atoms with E-state index in [1.165, 1.54) is 6.33 Å². The molecule has 11 heteroatoms. The molecule has 4 N–H and O–H groups in total. The van der Waals surface area contributed by atoms with Gasteiger partial charge in [-0.25, -0.2) is 9.97 Å². The first-order valence-electron chi connectivity index (χ1n) is 12.1. The van der Waals surface area contributed by atoms with E-state index in [-0.39, 0.29) is 17.9 Å². The van der Waals surface area contributed by atoms with E-state index in [4.69, 9.17) is 9.47 Å². The molecule has 0 unspecified atom stereocenters. The van der Waals surface area contributed by atoms with Crippen LogP contribution in [0.4, 0.5) is 23.1 Å². The van der Waals surface area contributed by atoms with Crippen molar-refractivity contribution in [2.75, 3.05) is 42.8 Å². The first-order valence-corrected chi connectivity index (χ1v) is 12.1. The highest BCUT2D eigenvalue weighted by molar-refractivity contribution is 6.10. The lowest BCUT2D eigenvalue weighted by atomic mass is 9.91. The summed E-state index contributed by atoms with van der Waals surface area (Å²) in [5.41, 5.74) is 3.22. The van der Waals surface area contributed by atoms with Crippen molar-refractivity contribution in [1.29, 1.82) is 0 Å². The normalized spacial score (nSPS) is 22.1. The summed E-state index contributed by atoms with van der Waals surface area (Å²) in [5.74, 6) is 3.05. The van der Waals surface area contributed by atoms with Crippen molar-refractivity contribution in [2.24, 2.45) is 0 Å². The van der Waals surface area contributed by atoms with Gasteiger partial charge < -0.3 is 30.1 Å². The number of nitrogens with zero attached hydrogens (tertiary/aromatic N) is 4. The van der Waals surface area contributed by atoms with Crippen molar-refractivity contribution in [3.05, 3.63) is 53.9 Å². The molecule has 2 aromatic heterocycles. The van der Waals surface area contributed by atoms with Gasteiger partial charge in [0.2, 0.25) is 11.7 Å². The Labute approximate surface area is 211 Å². The molecule has 1 saturated heterocycles. The van der Waals surface area contributed by atoms with Crippen LogP contribution in [0, 0.1) is 0 Å². The molecule has 2 aliphatic heterocycles. The molecule has 1 saturated carbocycles. The topological polar surface area (TPSA) is 138 Å². The van der Waals surface area contributed by atoms with E-state index in [1.807, 2.05) is 29.2 Å². The molecule has 1 amide bonds. The molecule has 2 fully saturated rings. The molecule has 2 atom stereocenters. The Morgan fingerprint density at radius 3 is 2.76 bits per heavy atom. The summed E-state index contributed by atoms with van der Waals surface area (Å²) >= 11 is 0. The molecule has 7 rings (SSSR count). The third-order valence-corrected chi connectivity index (χ3v) is 7.70. The second kappa shape index (κ2) is 7.81. The average molecular weight is 500 g/mol. The zero-order valence-corrected chi connectivity index (χ0v) is 20.3. The molecule has 3 aliphatic rings. The number of β-amino-alcohol motifs (C(OH)–C–C–N with tert-alkyl or cyclic N) is 1. The van der Waals surface area contributed by atoms with Gasteiger partial charge in [0.1, 0.15) is 12.1 Å². The highest BCUT2D eigenvalue weighted by Crippen LogP contribution is 2.65. The van der Waals surface area contributed by atoms with Gasteiger partial charge in [-0.05, 0) is 47.9 Å². The van der Waals surface area contributed by atoms with E-state index in [1.54, 1.807) is 14.2 Å². The van der Waals surface area contributed by atoms with Gasteiger partial charge in [0.05, 0.1) is 31.3 Å². The molecule has 4 aromatic rings. The second-order valence-corrected chi connectivity index (χ2v) is 9.73. The minimum Gasteiger partial charge on any atom is -0.497 e. The maximum atomic E-state index is 13.0. The fourth-order valence-electron chi connectivity index (χ4n) is 5.65. The summed E-state index contributed by atoms with van der Waals surface area (Å²) in [6, 6.07) is 11.9. The number of amides is 1. The molecule has 37 heavy (non-hydrogen) atoms. The predicted octanol–water partition coefficient (Wildman–Crippen LogP) is 2.67. The molecule has 0 radical (unpaired) electrons. The standard InChI is InChI=1S/C26H25N7O4/c1-36-15-4-6-19-17(8-15)26(25(35)29-19)9-18(26)13-3-5-16-20(7-13)31-32-22(16)30-23-21(37-2)24(28-12-27-23)33-10-14(34)11-33/h3-8,12,14,18,34H,9-11H2,1-2H3,(H,29,35)(H2,27,28,30,31,32)/t18-,26-/m0/s1. The molecule has 1 spiro atoms. The number of aromatic nitrogens is 4. The fraction of sp³-hybridized carbons (Fsp3) is 0.308. The highest BCUT2D eigenvalue weighted by Gasteiger charge is 2.65. The number of carbonyl (C=O) groups excluding carboxylic acids is 1. The third kappa shape index (κ3) is 3.17. The minimum atomic E-state index is -0.562. The van der Waals surface area contributed by atoms with Crippen molar-refractivity contribution >= 4 is 40.0 Å². The molecule has 4 heterocycles. The van der Waals surface area contributed by atoms with Crippen molar-refractivity contribution in [2.45, 2.75) is 23.9 Å². The van der Waals surface area contributed by atoms with Gasteiger partial charge in [-0.2, -0.15) is 5.10 Å². The number of aliphatic hydroxyl groups is 1. The van der Waals surface area contributed by atoms with Gasteiger partial charge in [0.25, 0.3) is 0 Å². The van der Waals surface area contributed by atoms with E-state index in [0.717, 1.165) is 39.9 Å². The van der Waals surface area contributed by atoms with E-state index in [0.29, 0.717) is 36.3 Å². The quantitative estimate of drug-likeness (QED) is 0.315. The third-order valence-electron chi connectivity index (χ3n) is 7.70. The van der Waals surface area contributed by atoms with Crippen LogP contribution in [-0.2, 0) is 10.2 Å². The SMILES string of the molecule is COc1ccc2c(c1)[C@]1(C[C@H]1c1ccc3c(Nc4ncnc(N5CC(O)C5)c4OC)n[nH]c3c1)C(=O)N2. The molecular formula is C26H25N7O4. The number of ether oxygens (including phenoxy) is 2. The Balaban J connectivity index is 1.18. The number of nitrogens with one attached hydrogen (secondary N) is 3. The zero-order chi connectivity index (χ0) is 25.3. The van der Waals surface area contributed by atoms with Crippen LogP contribution in [0.1, 0.15) is 23.5 Å². The van der Waals surface area contributed by atoms with Crippen LogP contribution >= 0.6 is 0 Å². The maximum absolute atomic E-state index is 13.0. The number of methoxy groups -OCH3 is 2. The van der Waals surface area contributed by atoms with Crippen LogP contribution in [0.5, 0.6) is 11.5 Å². The van der Waals surface area contributed by atoms with E-state index in [2.05, 4.69) is 42.9 Å². The second-order valence-electron chi connectivity index (χ2n) is 9.73. The van der Waals surface area contributed by atoms with Crippen LogP contribution in [-0.4, -0.2) is 64.6 Å². The Kier molecular flexibility index (Phi) is 4.61. The lowest BCUT2D eigenvalue weighted by molar-refractivity contribution is -0.118. The van der Waals surface area contributed by atoms with Gasteiger partial charge in [0, 0.05) is 30.1 Å². The Morgan fingerprint density at radius 2 is 1.97 bits per heavy atom. The summed E-state index contributed by atoms with van der Waals surface area (Å²) < 4.78 is 11.0.